The Morgan fingerprint density at radius 2 is 1.66 bits per heavy atom. The van der Waals surface area contributed by atoms with Gasteiger partial charge in [-0.05, 0) is 36.2 Å². The number of halogens is 2. The standard InChI is InChI=1S/C22H23F2N3O5/c1-32-21(30)13-26-20(29)11-14-4-7-16(8-5-14)27-19(28)3-2-10-25-22(31)17-9-6-15(23)12-18(17)24/h4-9,12H,2-3,10-11,13H2,1H3,(H,25,31)(H,26,29)(H,27,28). The third-order valence-electron chi connectivity index (χ3n) is 4.30. The lowest BCUT2D eigenvalue weighted by molar-refractivity contribution is -0.141. The topological polar surface area (TPSA) is 114 Å². The first-order valence-corrected chi connectivity index (χ1v) is 9.74. The molecule has 2 aromatic rings. The van der Waals surface area contributed by atoms with Crippen molar-refractivity contribution in [1.82, 2.24) is 10.6 Å². The summed E-state index contributed by atoms with van der Waals surface area (Å²) >= 11 is 0. The summed E-state index contributed by atoms with van der Waals surface area (Å²) < 4.78 is 30.9. The molecule has 0 heterocycles. The predicted molar refractivity (Wildman–Crippen MR) is 112 cm³/mol. The van der Waals surface area contributed by atoms with Crippen molar-refractivity contribution in [3.8, 4) is 0 Å². The number of hydrogen-bond acceptors (Lipinski definition) is 5. The third-order valence-corrected chi connectivity index (χ3v) is 4.30. The number of carbonyl (C=O) groups is 4. The highest BCUT2D eigenvalue weighted by Gasteiger charge is 2.12. The van der Waals surface area contributed by atoms with E-state index in [0.29, 0.717) is 23.7 Å². The van der Waals surface area contributed by atoms with Crippen molar-refractivity contribution in [2.24, 2.45) is 0 Å². The minimum absolute atomic E-state index is 0.0690. The first-order valence-electron chi connectivity index (χ1n) is 9.74. The number of hydrogen-bond donors (Lipinski definition) is 3. The van der Waals surface area contributed by atoms with E-state index < -0.39 is 23.5 Å². The maximum Gasteiger partial charge on any atom is 0.325 e. The largest absolute Gasteiger partial charge is 0.468 e. The normalized spacial score (nSPS) is 10.2. The second-order valence-corrected chi connectivity index (χ2v) is 6.76. The van der Waals surface area contributed by atoms with Crippen LogP contribution in [0.1, 0.15) is 28.8 Å². The molecule has 32 heavy (non-hydrogen) atoms. The number of esters is 1. The lowest BCUT2D eigenvalue weighted by Crippen LogP contribution is -2.31. The first-order chi connectivity index (χ1) is 15.3. The molecule has 10 heteroatoms. The van der Waals surface area contributed by atoms with Crippen molar-refractivity contribution in [3.63, 3.8) is 0 Å². The minimum atomic E-state index is -0.954. The summed E-state index contributed by atoms with van der Waals surface area (Å²) in [6.07, 6.45) is 0.502. The van der Waals surface area contributed by atoms with Gasteiger partial charge in [0.05, 0.1) is 19.1 Å². The molecule has 0 aliphatic heterocycles. The van der Waals surface area contributed by atoms with Crippen LogP contribution in [-0.2, 0) is 25.5 Å². The van der Waals surface area contributed by atoms with Gasteiger partial charge in [-0.2, -0.15) is 0 Å². The number of carbonyl (C=O) groups excluding carboxylic acids is 4. The van der Waals surface area contributed by atoms with E-state index in [1.54, 1.807) is 24.3 Å². The van der Waals surface area contributed by atoms with Crippen LogP contribution >= 0.6 is 0 Å². The van der Waals surface area contributed by atoms with Gasteiger partial charge in [-0.3, -0.25) is 19.2 Å². The van der Waals surface area contributed by atoms with Crippen molar-refractivity contribution in [1.29, 1.82) is 0 Å². The fraction of sp³-hybridized carbons (Fsp3) is 0.273. The molecule has 0 fully saturated rings. The van der Waals surface area contributed by atoms with Gasteiger partial charge in [0, 0.05) is 24.7 Å². The average molecular weight is 447 g/mol. The second kappa shape index (κ2) is 12.1. The summed E-state index contributed by atoms with van der Waals surface area (Å²) in [7, 11) is 1.23. The lowest BCUT2D eigenvalue weighted by atomic mass is 10.1. The molecule has 0 aliphatic rings. The van der Waals surface area contributed by atoms with Crippen LogP contribution in [0.4, 0.5) is 14.5 Å². The Bertz CT molecular complexity index is 980. The Balaban J connectivity index is 1.70. The highest BCUT2D eigenvalue weighted by molar-refractivity contribution is 5.94. The van der Waals surface area contributed by atoms with E-state index in [-0.39, 0.29) is 43.3 Å². The quantitative estimate of drug-likeness (QED) is 0.381. The van der Waals surface area contributed by atoms with Crippen LogP contribution < -0.4 is 16.0 Å². The van der Waals surface area contributed by atoms with Gasteiger partial charge in [-0.15, -0.1) is 0 Å². The fourth-order valence-electron chi connectivity index (χ4n) is 2.64. The van der Waals surface area contributed by atoms with Crippen LogP contribution in [-0.4, -0.2) is 43.9 Å². The van der Waals surface area contributed by atoms with E-state index in [2.05, 4.69) is 20.7 Å². The Morgan fingerprint density at radius 3 is 2.31 bits per heavy atom. The van der Waals surface area contributed by atoms with Crippen LogP contribution in [0.25, 0.3) is 0 Å². The zero-order valence-electron chi connectivity index (χ0n) is 17.4. The Kier molecular flexibility index (Phi) is 9.27. The molecule has 0 bridgehead atoms. The monoisotopic (exact) mass is 447 g/mol. The van der Waals surface area contributed by atoms with E-state index in [4.69, 9.17) is 0 Å². The van der Waals surface area contributed by atoms with Crippen LogP contribution in [0, 0.1) is 11.6 Å². The lowest BCUT2D eigenvalue weighted by Gasteiger charge is -2.08. The summed E-state index contributed by atoms with van der Waals surface area (Å²) in [6, 6.07) is 9.29. The van der Waals surface area contributed by atoms with Crippen LogP contribution in [0.15, 0.2) is 42.5 Å². The Labute approximate surface area is 183 Å². The molecule has 0 aliphatic carbocycles. The Hall–Kier alpha value is -3.82. The summed E-state index contributed by atoms with van der Waals surface area (Å²) in [5, 5.41) is 7.60. The maximum absolute atomic E-state index is 13.6. The second-order valence-electron chi connectivity index (χ2n) is 6.76. The number of rotatable bonds is 10. The van der Waals surface area contributed by atoms with Crippen molar-refractivity contribution in [2.75, 3.05) is 25.5 Å². The molecular formula is C22H23F2N3O5. The molecule has 3 N–H and O–H groups in total. The third kappa shape index (κ3) is 8.13. The van der Waals surface area contributed by atoms with E-state index >= 15 is 0 Å². The van der Waals surface area contributed by atoms with Gasteiger partial charge in [0.15, 0.2) is 0 Å². The van der Waals surface area contributed by atoms with Crippen LogP contribution in [0.5, 0.6) is 0 Å². The summed E-state index contributed by atoms with van der Waals surface area (Å²) in [5.74, 6) is -3.58. The molecule has 2 aromatic carbocycles. The van der Waals surface area contributed by atoms with Gasteiger partial charge in [-0.1, -0.05) is 12.1 Å². The van der Waals surface area contributed by atoms with Crippen molar-refractivity contribution in [2.45, 2.75) is 19.3 Å². The summed E-state index contributed by atoms with van der Waals surface area (Å²) in [6.45, 7) is -0.0640. The smallest absolute Gasteiger partial charge is 0.325 e. The number of amides is 3. The number of methoxy groups -OCH3 is 1. The van der Waals surface area contributed by atoms with Gasteiger partial charge in [-0.25, -0.2) is 8.78 Å². The van der Waals surface area contributed by atoms with Gasteiger partial charge in [0.1, 0.15) is 18.2 Å². The van der Waals surface area contributed by atoms with E-state index in [1.165, 1.54) is 7.11 Å². The number of ether oxygens (including phenoxy) is 1. The summed E-state index contributed by atoms with van der Waals surface area (Å²) in [5.41, 5.74) is 0.960. The molecule has 170 valence electrons. The molecule has 0 radical (unpaired) electrons. The molecule has 0 unspecified atom stereocenters. The van der Waals surface area contributed by atoms with Gasteiger partial charge >= 0.3 is 5.97 Å². The Morgan fingerprint density at radius 1 is 0.938 bits per heavy atom. The highest BCUT2D eigenvalue weighted by Crippen LogP contribution is 2.11. The van der Waals surface area contributed by atoms with E-state index in [1.807, 2.05) is 0 Å². The molecule has 0 saturated heterocycles. The van der Waals surface area contributed by atoms with E-state index in [0.717, 1.165) is 12.1 Å². The van der Waals surface area contributed by atoms with Crippen molar-refractivity contribution in [3.05, 3.63) is 65.2 Å². The SMILES string of the molecule is COC(=O)CNC(=O)Cc1ccc(NC(=O)CCCNC(=O)c2ccc(F)cc2F)cc1. The van der Waals surface area contributed by atoms with Gasteiger partial charge in [0.2, 0.25) is 11.8 Å². The van der Waals surface area contributed by atoms with Gasteiger partial charge in [0.25, 0.3) is 5.91 Å². The minimum Gasteiger partial charge on any atom is -0.468 e. The van der Waals surface area contributed by atoms with Crippen molar-refractivity contribution < 1.29 is 32.7 Å². The predicted octanol–water partition coefficient (Wildman–Crippen LogP) is 1.95. The molecular weight excluding hydrogens is 424 g/mol. The molecule has 0 atom stereocenters. The molecule has 8 nitrogen and oxygen atoms in total. The summed E-state index contributed by atoms with van der Waals surface area (Å²) in [4.78, 5) is 46.7. The zero-order valence-corrected chi connectivity index (χ0v) is 17.4. The molecule has 0 spiro atoms. The average Bonchev–Trinajstić information content (AvgIpc) is 2.76. The fourth-order valence-corrected chi connectivity index (χ4v) is 2.64. The van der Waals surface area contributed by atoms with Crippen molar-refractivity contribution >= 4 is 29.4 Å². The number of benzene rings is 2. The highest BCUT2D eigenvalue weighted by atomic mass is 19.1. The number of nitrogens with one attached hydrogen (secondary N) is 3. The number of anilines is 1. The zero-order chi connectivity index (χ0) is 23.5. The molecule has 0 saturated carbocycles. The molecule has 2 rings (SSSR count). The van der Waals surface area contributed by atoms with Crippen LogP contribution in [0.2, 0.25) is 0 Å². The molecule has 3 amide bonds. The maximum atomic E-state index is 13.6. The van der Waals surface area contributed by atoms with E-state index in [9.17, 15) is 28.0 Å². The van der Waals surface area contributed by atoms with Crippen LogP contribution in [0.3, 0.4) is 0 Å². The first kappa shape index (κ1) is 24.4. The van der Waals surface area contributed by atoms with Gasteiger partial charge < -0.3 is 20.7 Å². The molecule has 0 aromatic heterocycles.